The highest BCUT2D eigenvalue weighted by atomic mass is 32.2. The number of unbranched alkanes of at least 4 members (excludes halogenated alkanes) is 1. The number of benzene rings is 2. The Kier molecular flexibility index (Phi) is 9.85. The van der Waals surface area contributed by atoms with E-state index in [1.54, 1.807) is 31.2 Å². The summed E-state index contributed by atoms with van der Waals surface area (Å²) >= 11 is 0. The topological polar surface area (TPSA) is 96.0 Å². The predicted octanol–water partition coefficient (Wildman–Crippen LogP) is 2.93. The average molecular weight is 494 g/mol. The molecule has 10 heteroatoms. The Morgan fingerprint density at radius 3 is 2.47 bits per heavy atom. The summed E-state index contributed by atoms with van der Waals surface area (Å²) in [4.78, 5) is 27.5. The van der Waals surface area contributed by atoms with E-state index in [2.05, 4.69) is 5.32 Å². The zero-order chi connectivity index (χ0) is 25.3. The third-order valence-corrected chi connectivity index (χ3v) is 6.40. The molecule has 0 spiro atoms. The first-order chi connectivity index (χ1) is 16.1. The Morgan fingerprint density at radius 1 is 1.15 bits per heavy atom. The first kappa shape index (κ1) is 27.1. The number of amides is 2. The van der Waals surface area contributed by atoms with Gasteiger partial charge in [-0.05, 0) is 49.2 Å². The number of halogens is 1. The largest absolute Gasteiger partial charge is 0.497 e. The van der Waals surface area contributed by atoms with Crippen LogP contribution in [-0.4, -0.2) is 57.6 Å². The molecule has 0 bridgehead atoms. The van der Waals surface area contributed by atoms with Crippen LogP contribution in [0.15, 0.2) is 48.5 Å². The van der Waals surface area contributed by atoms with E-state index in [1.165, 1.54) is 30.2 Å². The molecule has 0 fully saturated rings. The van der Waals surface area contributed by atoms with Gasteiger partial charge >= 0.3 is 0 Å². The lowest BCUT2D eigenvalue weighted by Crippen LogP contribution is -2.51. The molecule has 186 valence electrons. The Hall–Kier alpha value is -3.14. The summed E-state index contributed by atoms with van der Waals surface area (Å²) in [5.41, 5.74) is 0.731. The van der Waals surface area contributed by atoms with Gasteiger partial charge in [0.15, 0.2) is 0 Å². The zero-order valence-electron chi connectivity index (χ0n) is 20.0. The van der Waals surface area contributed by atoms with Crippen molar-refractivity contribution in [1.82, 2.24) is 10.2 Å². The smallest absolute Gasteiger partial charge is 0.244 e. The molecular weight excluding hydrogens is 461 g/mol. The van der Waals surface area contributed by atoms with Crippen LogP contribution in [0, 0.1) is 5.82 Å². The average Bonchev–Trinajstić information content (AvgIpc) is 2.79. The Bertz CT molecular complexity index is 1090. The van der Waals surface area contributed by atoms with Crippen LogP contribution in [0.2, 0.25) is 0 Å². The lowest BCUT2D eigenvalue weighted by Gasteiger charge is -2.31. The number of sulfonamides is 1. The van der Waals surface area contributed by atoms with Crippen molar-refractivity contribution < 1.29 is 27.1 Å². The fourth-order valence-electron chi connectivity index (χ4n) is 3.33. The second kappa shape index (κ2) is 12.4. The van der Waals surface area contributed by atoms with Gasteiger partial charge in [0.25, 0.3) is 0 Å². The molecule has 2 amide bonds. The van der Waals surface area contributed by atoms with Crippen LogP contribution in [0.1, 0.15) is 32.3 Å². The summed E-state index contributed by atoms with van der Waals surface area (Å²) < 4.78 is 44.8. The normalized spacial score (nSPS) is 12.0. The first-order valence-corrected chi connectivity index (χ1v) is 12.8. The van der Waals surface area contributed by atoms with Crippen molar-refractivity contribution in [1.29, 1.82) is 0 Å². The minimum absolute atomic E-state index is 0.0252. The molecule has 1 atom stereocenters. The SMILES string of the molecule is CCCCNC(=O)[C@H](C)N(Cc1cccc(OC)c1)C(=O)CN(c1cccc(F)c1)S(C)(=O)=O. The number of nitrogens with one attached hydrogen (secondary N) is 1. The summed E-state index contributed by atoms with van der Waals surface area (Å²) in [5, 5.41) is 2.81. The van der Waals surface area contributed by atoms with Crippen molar-refractivity contribution in [3.8, 4) is 5.75 Å². The number of anilines is 1. The van der Waals surface area contributed by atoms with Crippen molar-refractivity contribution in [2.75, 3.05) is 30.8 Å². The van der Waals surface area contributed by atoms with E-state index in [9.17, 15) is 22.4 Å². The summed E-state index contributed by atoms with van der Waals surface area (Å²) in [7, 11) is -2.39. The van der Waals surface area contributed by atoms with Crippen LogP contribution in [0.25, 0.3) is 0 Å². The molecule has 2 rings (SSSR count). The number of nitrogens with zero attached hydrogens (tertiary/aromatic N) is 2. The fraction of sp³-hybridized carbons (Fsp3) is 0.417. The molecule has 8 nitrogen and oxygen atoms in total. The standard InChI is InChI=1S/C24H32FN3O5S/c1-5-6-13-26-24(30)18(2)27(16-19-9-7-12-22(14-19)33-3)23(29)17-28(34(4,31)32)21-11-8-10-20(25)15-21/h7-12,14-15,18H,5-6,13,16-17H2,1-4H3,(H,26,30)/t18-/m0/s1. The molecular formula is C24H32FN3O5S. The van der Waals surface area contributed by atoms with E-state index in [0.29, 0.717) is 17.9 Å². The molecule has 2 aromatic carbocycles. The number of ether oxygens (including phenoxy) is 1. The van der Waals surface area contributed by atoms with Crippen LogP contribution in [-0.2, 0) is 26.2 Å². The van der Waals surface area contributed by atoms with Crippen LogP contribution in [0.4, 0.5) is 10.1 Å². The number of carbonyl (C=O) groups is 2. The minimum atomic E-state index is -3.91. The fourth-order valence-corrected chi connectivity index (χ4v) is 4.17. The first-order valence-electron chi connectivity index (χ1n) is 11.0. The molecule has 0 radical (unpaired) electrons. The monoisotopic (exact) mass is 493 g/mol. The minimum Gasteiger partial charge on any atom is -0.497 e. The summed E-state index contributed by atoms with van der Waals surface area (Å²) in [5.74, 6) is -0.991. The third kappa shape index (κ3) is 7.72. The number of carbonyl (C=O) groups excluding carboxylic acids is 2. The number of rotatable bonds is 12. The quantitative estimate of drug-likeness (QED) is 0.459. The van der Waals surface area contributed by atoms with Crippen LogP contribution < -0.4 is 14.4 Å². The van der Waals surface area contributed by atoms with Gasteiger partial charge in [0.1, 0.15) is 24.2 Å². The highest BCUT2D eigenvalue weighted by Crippen LogP contribution is 2.21. The van der Waals surface area contributed by atoms with Gasteiger partial charge in [-0.3, -0.25) is 13.9 Å². The van der Waals surface area contributed by atoms with Gasteiger partial charge in [-0.25, -0.2) is 12.8 Å². The van der Waals surface area contributed by atoms with E-state index in [0.717, 1.165) is 29.5 Å². The summed E-state index contributed by atoms with van der Waals surface area (Å²) in [6.45, 7) is 3.53. The molecule has 0 aromatic heterocycles. The summed E-state index contributed by atoms with van der Waals surface area (Å²) in [6, 6.07) is 11.2. The Labute approximate surface area is 200 Å². The van der Waals surface area contributed by atoms with Gasteiger partial charge < -0.3 is 15.0 Å². The van der Waals surface area contributed by atoms with E-state index in [1.807, 2.05) is 6.92 Å². The number of hydrogen-bond acceptors (Lipinski definition) is 5. The van der Waals surface area contributed by atoms with Crippen molar-refractivity contribution >= 4 is 27.5 Å². The predicted molar refractivity (Wildman–Crippen MR) is 130 cm³/mol. The lowest BCUT2D eigenvalue weighted by molar-refractivity contribution is -0.139. The molecule has 2 aromatic rings. The van der Waals surface area contributed by atoms with E-state index >= 15 is 0 Å². The number of hydrogen-bond donors (Lipinski definition) is 1. The number of methoxy groups -OCH3 is 1. The maximum atomic E-state index is 13.8. The molecule has 0 aliphatic heterocycles. The van der Waals surface area contributed by atoms with Crippen LogP contribution in [0.5, 0.6) is 5.75 Å². The zero-order valence-corrected chi connectivity index (χ0v) is 20.8. The molecule has 1 N–H and O–H groups in total. The van der Waals surface area contributed by atoms with Gasteiger partial charge in [-0.15, -0.1) is 0 Å². The highest BCUT2D eigenvalue weighted by molar-refractivity contribution is 7.92. The van der Waals surface area contributed by atoms with Crippen molar-refractivity contribution in [3.63, 3.8) is 0 Å². The van der Waals surface area contributed by atoms with E-state index < -0.39 is 34.3 Å². The van der Waals surface area contributed by atoms with Crippen LogP contribution >= 0.6 is 0 Å². The Balaban J connectivity index is 2.36. The van der Waals surface area contributed by atoms with Gasteiger partial charge in [-0.1, -0.05) is 31.5 Å². The van der Waals surface area contributed by atoms with E-state index in [4.69, 9.17) is 4.74 Å². The van der Waals surface area contributed by atoms with Gasteiger partial charge in [0.2, 0.25) is 21.8 Å². The van der Waals surface area contributed by atoms with Crippen LogP contribution in [0.3, 0.4) is 0 Å². The molecule has 0 saturated heterocycles. The molecule has 0 unspecified atom stereocenters. The van der Waals surface area contributed by atoms with Crippen molar-refractivity contribution in [3.05, 3.63) is 59.9 Å². The van der Waals surface area contributed by atoms with Gasteiger partial charge in [-0.2, -0.15) is 0 Å². The molecule has 34 heavy (non-hydrogen) atoms. The second-order valence-electron chi connectivity index (χ2n) is 7.94. The van der Waals surface area contributed by atoms with Gasteiger partial charge in [0, 0.05) is 13.1 Å². The molecule has 0 aliphatic carbocycles. The second-order valence-corrected chi connectivity index (χ2v) is 9.85. The molecule has 0 heterocycles. The van der Waals surface area contributed by atoms with Gasteiger partial charge in [0.05, 0.1) is 19.1 Å². The highest BCUT2D eigenvalue weighted by Gasteiger charge is 2.30. The summed E-state index contributed by atoms with van der Waals surface area (Å²) in [6.07, 6.45) is 2.64. The lowest BCUT2D eigenvalue weighted by atomic mass is 10.1. The Morgan fingerprint density at radius 2 is 1.85 bits per heavy atom. The van der Waals surface area contributed by atoms with E-state index in [-0.39, 0.29) is 18.1 Å². The maximum Gasteiger partial charge on any atom is 0.244 e. The third-order valence-electron chi connectivity index (χ3n) is 5.26. The molecule has 0 aliphatic rings. The van der Waals surface area contributed by atoms with Crippen molar-refractivity contribution in [2.45, 2.75) is 39.3 Å². The maximum absolute atomic E-state index is 13.8. The van der Waals surface area contributed by atoms with Crippen molar-refractivity contribution in [2.24, 2.45) is 0 Å². The molecule has 0 saturated carbocycles.